The van der Waals surface area contributed by atoms with E-state index in [4.69, 9.17) is 5.73 Å². The Labute approximate surface area is 162 Å². The minimum absolute atomic E-state index is 0. The Morgan fingerprint density at radius 3 is 2.38 bits per heavy atom. The number of carbonyl (C=O) groups excluding carboxylic acids is 1. The molecule has 0 aliphatic rings. The van der Waals surface area contributed by atoms with Crippen molar-refractivity contribution >= 4 is 41.8 Å². The number of nitrogens with zero attached hydrogens (tertiary/aromatic N) is 2. The van der Waals surface area contributed by atoms with Crippen molar-refractivity contribution in [1.82, 2.24) is 14.9 Å². The van der Waals surface area contributed by atoms with Gasteiger partial charge in [-0.15, -0.1) is 24.8 Å². The Morgan fingerprint density at radius 2 is 1.88 bits per heavy atom. The zero-order valence-electron chi connectivity index (χ0n) is 14.6. The summed E-state index contributed by atoms with van der Waals surface area (Å²) in [5.74, 6) is -1.19. The number of hydrogen-bond acceptors (Lipinski definition) is 3. The highest BCUT2D eigenvalue weighted by Crippen LogP contribution is 2.33. The van der Waals surface area contributed by atoms with Crippen LogP contribution >= 0.6 is 24.8 Å². The van der Waals surface area contributed by atoms with Gasteiger partial charge in [0.1, 0.15) is 0 Å². The number of fused-ring (bicyclic) bond motifs is 1. The minimum atomic E-state index is -4.55. The molecule has 0 fully saturated rings. The summed E-state index contributed by atoms with van der Waals surface area (Å²) in [6.07, 6.45) is -4.55. The molecule has 26 heavy (non-hydrogen) atoms. The predicted molar refractivity (Wildman–Crippen MR) is 100 cm³/mol. The number of halogens is 5. The second-order valence-electron chi connectivity index (χ2n) is 6.15. The van der Waals surface area contributed by atoms with Crippen molar-refractivity contribution in [3.05, 3.63) is 29.6 Å². The summed E-state index contributed by atoms with van der Waals surface area (Å²) in [5, 5.41) is 2.71. The van der Waals surface area contributed by atoms with Crippen LogP contribution in [0.25, 0.3) is 11.0 Å². The number of carbonyl (C=O) groups is 1. The van der Waals surface area contributed by atoms with Gasteiger partial charge in [0.05, 0.1) is 11.0 Å². The molecular weight excluding hydrogens is 392 g/mol. The lowest BCUT2D eigenvalue weighted by Gasteiger charge is -2.14. The SMILES string of the molecule is CC(CN)CNC(=O)c1ccc2c(c1)nc(C(F)(F)F)n2C(C)C.Cl.Cl. The number of hydrogen-bond donors (Lipinski definition) is 2. The molecule has 0 saturated carbocycles. The highest BCUT2D eigenvalue weighted by atomic mass is 35.5. The zero-order valence-corrected chi connectivity index (χ0v) is 16.3. The first-order chi connectivity index (χ1) is 11.1. The number of aromatic nitrogens is 2. The van der Waals surface area contributed by atoms with E-state index >= 15 is 0 Å². The third-order valence-electron chi connectivity index (χ3n) is 3.74. The molecule has 0 spiro atoms. The summed E-state index contributed by atoms with van der Waals surface area (Å²) >= 11 is 0. The molecule has 1 aromatic carbocycles. The van der Waals surface area contributed by atoms with E-state index in [1.807, 2.05) is 6.92 Å². The van der Waals surface area contributed by atoms with Crippen molar-refractivity contribution in [3.8, 4) is 0 Å². The molecule has 0 aliphatic carbocycles. The van der Waals surface area contributed by atoms with Gasteiger partial charge in [-0.3, -0.25) is 4.79 Å². The molecule has 1 aromatic heterocycles. The van der Waals surface area contributed by atoms with Crippen LogP contribution in [0.4, 0.5) is 13.2 Å². The molecule has 5 nitrogen and oxygen atoms in total. The zero-order chi connectivity index (χ0) is 18.1. The van der Waals surface area contributed by atoms with Crippen molar-refractivity contribution in [2.45, 2.75) is 33.0 Å². The number of imidazole rings is 1. The minimum Gasteiger partial charge on any atom is -0.352 e. The molecule has 3 N–H and O–H groups in total. The van der Waals surface area contributed by atoms with Gasteiger partial charge >= 0.3 is 6.18 Å². The number of benzene rings is 1. The van der Waals surface area contributed by atoms with Crippen molar-refractivity contribution < 1.29 is 18.0 Å². The fraction of sp³-hybridized carbons (Fsp3) is 0.500. The van der Waals surface area contributed by atoms with E-state index in [1.54, 1.807) is 13.8 Å². The molecule has 0 aliphatic heterocycles. The quantitative estimate of drug-likeness (QED) is 0.780. The highest BCUT2D eigenvalue weighted by molar-refractivity contribution is 5.97. The van der Waals surface area contributed by atoms with Gasteiger partial charge in [0, 0.05) is 18.2 Å². The molecule has 1 unspecified atom stereocenters. The van der Waals surface area contributed by atoms with E-state index in [0.717, 1.165) is 4.57 Å². The molecule has 1 atom stereocenters. The number of nitrogens with one attached hydrogen (secondary N) is 1. The number of rotatable bonds is 5. The molecule has 0 bridgehead atoms. The van der Waals surface area contributed by atoms with Gasteiger partial charge in [-0.1, -0.05) is 6.92 Å². The van der Waals surface area contributed by atoms with Crippen molar-refractivity contribution in [2.24, 2.45) is 11.7 Å². The van der Waals surface area contributed by atoms with Gasteiger partial charge in [0.2, 0.25) is 5.82 Å². The van der Waals surface area contributed by atoms with Crippen molar-refractivity contribution in [3.63, 3.8) is 0 Å². The van der Waals surface area contributed by atoms with Crippen LogP contribution in [0.5, 0.6) is 0 Å². The lowest BCUT2D eigenvalue weighted by Crippen LogP contribution is -2.31. The van der Waals surface area contributed by atoms with Crippen LogP contribution < -0.4 is 11.1 Å². The molecule has 0 radical (unpaired) electrons. The van der Waals surface area contributed by atoms with E-state index in [1.165, 1.54) is 18.2 Å². The van der Waals surface area contributed by atoms with E-state index in [2.05, 4.69) is 10.3 Å². The van der Waals surface area contributed by atoms with Crippen LogP contribution in [0.3, 0.4) is 0 Å². The van der Waals surface area contributed by atoms with E-state index in [9.17, 15) is 18.0 Å². The summed E-state index contributed by atoms with van der Waals surface area (Å²) in [7, 11) is 0. The number of amides is 1. The summed E-state index contributed by atoms with van der Waals surface area (Å²) in [5.41, 5.74) is 6.26. The van der Waals surface area contributed by atoms with Gasteiger partial charge < -0.3 is 15.6 Å². The molecule has 10 heteroatoms. The lowest BCUT2D eigenvalue weighted by atomic mass is 10.1. The first kappa shape index (κ1) is 24.5. The van der Waals surface area contributed by atoms with Crippen LogP contribution in [0.15, 0.2) is 18.2 Å². The third kappa shape index (κ3) is 5.25. The van der Waals surface area contributed by atoms with Crippen LogP contribution in [-0.2, 0) is 6.18 Å². The Hall–Kier alpha value is -1.51. The fourth-order valence-electron chi connectivity index (χ4n) is 2.42. The monoisotopic (exact) mass is 414 g/mol. The molecular formula is C16H23Cl2F3N4O. The predicted octanol–water partition coefficient (Wildman–Crippen LogP) is 3.80. The summed E-state index contributed by atoms with van der Waals surface area (Å²) in [4.78, 5) is 15.8. The molecule has 2 rings (SSSR count). The van der Waals surface area contributed by atoms with Crippen LogP contribution in [0.2, 0.25) is 0 Å². The Balaban J connectivity index is 0.00000312. The summed E-state index contributed by atoms with van der Waals surface area (Å²) < 4.78 is 40.7. The van der Waals surface area contributed by atoms with Gasteiger partial charge in [0.15, 0.2) is 0 Å². The summed E-state index contributed by atoms with van der Waals surface area (Å²) in [6.45, 7) is 6.05. The lowest BCUT2D eigenvalue weighted by molar-refractivity contribution is -0.147. The van der Waals surface area contributed by atoms with Gasteiger partial charge in [0.25, 0.3) is 5.91 Å². The van der Waals surface area contributed by atoms with Gasteiger partial charge in [-0.25, -0.2) is 4.98 Å². The largest absolute Gasteiger partial charge is 0.449 e. The van der Waals surface area contributed by atoms with Crippen molar-refractivity contribution in [1.29, 1.82) is 0 Å². The number of nitrogens with two attached hydrogens (primary N) is 1. The Kier molecular flexibility index (Phi) is 8.89. The molecule has 0 saturated heterocycles. The fourth-order valence-corrected chi connectivity index (χ4v) is 2.42. The average molecular weight is 415 g/mol. The topological polar surface area (TPSA) is 72.9 Å². The molecule has 2 aromatic rings. The van der Waals surface area contributed by atoms with Gasteiger partial charge in [-0.05, 0) is 44.5 Å². The van der Waals surface area contributed by atoms with E-state index in [0.29, 0.717) is 18.6 Å². The molecule has 148 valence electrons. The van der Waals surface area contributed by atoms with Crippen molar-refractivity contribution in [2.75, 3.05) is 13.1 Å². The maximum absolute atomic E-state index is 13.2. The standard InChI is InChI=1S/C16H21F3N4O.2ClH/c1-9(2)23-13-5-4-11(14(24)21-8-10(3)7-20)6-12(13)22-15(23)16(17,18)19;;/h4-6,9-10H,7-8,20H2,1-3H3,(H,21,24);2*1H. The van der Waals surface area contributed by atoms with Crippen LogP contribution in [0.1, 0.15) is 43.0 Å². The second-order valence-corrected chi connectivity index (χ2v) is 6.15. The summed E-state index contributed by atoms with van der Waals surface area (Å²) in [6, 6.07) is 3.98. The Morgan fingerprint density at radius 1 is 1.27 bits per heavy atom. The van der Waals surface area contributed by atoms with E-state index in [-0.39, 0.29) is 47.7 Å². The number of alkyl halides is 3. The molecule has 1 amide bonds. The third-order valence-corrected chi connectivity index (χ3v) is 3.74. The normalized spacial score (nSPS) is 12.5. The van der Waals surface area contributed by atoms with Gasteiger partial charge in [-0.2, -0.15) is 13.2 Å². The first-order valence-corrected chi connectivity index (χ1v) is 7.72. The highest BCUT2D eigenvalue weighted by Gasteiger charge is 2.38. The maximum atomic E-state index is 13.2. The second kappa shape index (κ2) is 9.43. The maximum Gasteiger partial charge on any atom is 0.449 e. The van der Waals surface area contributed by atoms with Crippen LogP contribution in [-0.4, -0.2) is 28.5 Å². The average Bonchev–Trinajstić information content (AvgIpc) is 2.91. The van der Waals surface area contributed by atoms with E-state index < -0.39 is 18.0 Å². The first-order valence-electron chi connectivity index (χ1n) is 7.72. The van der Waals surface area contributed by atoms with Crippen LogP contribution in [0, 0.1) is 5.92 Å². The molecule has 1 heterocycles. The smallest absolute Gasteiger partial charge is 0.352 e. The Bertz CT molecular complexity index is 747.